The van der Waals surface area contributed by atoms with Crippen LogP contribution >= 0.6 is 0 Å². The third-order valence-electron chi connectivity index (χ3n) is 3.77. The first-order valence-electron chi connectivity index (χ1n) is 7.27. The number of oxime groups is 1. The number of benzene rings is 1. The van der Waals surface area contributed by atoms with Crippen LogP contribution in [0.4, 0.5) is 10.5 Å². The zero-order valence-electron chi connectivity index (χ0n) is 12.3. The maximum atomic E-state index is 12.4. The number of hydrogen-bond acceptors (Lipinski definition) is 3. The van der Waals surface area contributed by atoms with Gasteiger partial charge in [-0.3, -0.25) is 0 Å². The molecule has 0 unspecified atom stereocenters. The molecule has 4 N–H and O–H groups in total. The highest BCUT2D eigenvalue weighted by Crippen LogP contribution is 2.20. The Morgan fingerprint density at radius 3 is 2.57 bits per heavy atom. The van der Waals surface area contributed by atoms with Gasteiger partial charge in [0.15, 0.2) is 5.84 Å². The van der Waals surface area contributed by atoms with Crippen molar-refractivity contribution in [2.45, 2.75) is 32.6 Å². The lowest BCUT2D eigenvalue weighted by atomic mass is 10.1. The Hall–Kier alpha value is -2.24. The van der Waals surface area contributed by atoms with Gasteiger partial charge in [-0.25, -0.2) is 4.79 Å². The van der Waals surface area contributed by atoms with Gasteiger partial charge in [0, 0.05) is 18.7 Å². The Kier molecular flexibility index (Phi) is 5.03. The molecule has 0 bridgehead atoms. The van der Waals surface area contributed by atoms with Crippen molar-refractivity contribution in [1.82, 2.24) is 4.90 Å². The minimum absolute atomic E-state index is 0.000679. The van der Waals surface area contributed by atoms with Crippen LogP contribution < -0.4 is 11.1 Å². The molecule has 2 rings (SSSR count). The van der Waals surface area contributed by atoms with Crippen LogP contribution in [-0.2, 0) is 0 Å². The minimum atomic E-state index is -0.130. The third-order valence-corrected chi connectivity index (χ3v) is 3.77. The summed E-state index contributed by atoms with van der Waals surface area (Å²) in [6.07, 6.45) is 4.41. The van der Waals surface area contributed by atoms with Gasteiger partial charge in [0.05, 0.1) is 5.69 Å². The average Bonchev–Trinajstić information content (AvgIpc) is 2.76. The van der Waals surface area contributed by atoms with Crippen molar-refractivity contribution in [2.24, 2.45) is 10.9 Å². The first-order valence-corrected chi connectivity index (χ1v) is 7.27. The summed E-state index contributed by atoms with van der Waals surface area (Å²) in [5.41, 5.74) is 7.68. The summed E-state index contributed by atoms with van der Waals surface area (Å²) >= 11 is 0. The number of hydrogen-bond donors (Lipinski definition) is 3. The number of anilines is 1. The highest BCUT2D eigenvalue weighted by molar-refractivity contribution is 6.06. The number of amidine groups is 1. The van der Waals surface area contributed by atoms with E-state index in [0.29, 0.717) is 11.3 Å². The highest BCUT2D eigenvalue weighted by atomic mass is 16.4. The van der Waals surface area contributed by atoms with E-state index in [4.69, 9.17) is 10.9 Å². The first kappa shape index (κ1) is 15.2. The molecule has 1 aliphatic rings. The molecule has 0 atom stereocenters. The van der Waals surface area contributed by atoms with E-state index in [-0.39, 0.29) is 11.9 Å². The lowest BCUT2D eigenvalue weighted by Gasteiger charge is -2.22. The van der Waals surface area contributed by atoms with E-state index in [1.165, 1.54) is 12.8 Å². The molecule has 1 aliphatic heterocycles. The lowest BCUT2D eigenvalue weighted by molar-refractivity contribution is 0.214. The summed E-state index contributed by atoms with van der Waals surface area (Å²) in [6, 6.07) is 5.32. The van der Waals surface area contributed by atoms with E-state index in [1.54, 1.807) is 6.07 Å². The molecule has 0 spiro atoms. The van der Waals surface area contributed by atoms with Gasteiger partial charge < -0.3 is 21.2 Å². The van der Waals surface area contributed by atoms with Crippen molar-refractivity contribution in [3.8, 4) is 0 Å². The summed E-state index contributed by atoms with van der Waals surface area (Å²) < 4.78 is 0. The molecule has 2 amide bonds. The summed E-state index contributed by atoms with van der Waals surface area (Å²) in [5.74, 6) is -0.000679. The molecule has 1 aromatic carbocycles. The molecule has 0 aliphatic carbocycles. The molecular weight excluding hydrogens is 268 g/mol. The monoisotopic (exact) mass is 290 g/mol. The van der Waals surface area contributed by atoms with E-state index < -0.39 is 0 Å². The quantitative estimate of drug-likeness (QED) is 0.338. The number of amides is 2. The summed E-state index contributed by atoms with van der Waals surface area (Å²) in [4.78, 5) is 14.2. The SMILES string of the molecule is Cc1cccc(NC(=O)N2CCCCCC2)c1/C(N)=N/O. The Labute approximate surface area is 124 Å². The largest absolute Gasteiger partial charge is 0.409 e. The molecule has 0 radical (unpaired) electrons. The predicted octanol–water partition coefficient (Wildman–Crippen LogP) is 2.50. The molecule has 0 aromatic heterocycles. The smallest absolute Gasteiger partial charge is 0.321 e. The molecule has 1 saturated heterocycles. The fourth-order valence-electron chi connectivity index (χ4n) is 2.63. The van der Waals surface area contributed by atoms with Crippen LogP contribution in [0, 0.1) is 6.92 Å². The zero-order valence-corrected chi connectivity index (χ0v) is 12.3. The standard InChI is InChI=1S/C15H22N4O2/c1-11-7-6-8-12(13(11)14(16)18-21)17-15(20)19-9-4-2-3-5-10-19/h6-8,21H,2-5,9-10H2,1H3,(H2,16,18)(H,17,20). The molecule has 21 heavy (non-hydrogen) atoms. The third kappa shape index (κ3) is 3.65. The number of rotatable bonds is 2. The molecule has 6 heteroatoms. The number of nitrogens with one attached hydrogen (secondary N) is 1. The van der Waals surface area contributed by atoms with Gasteiger partial charge in [-0.15, -0.1) is 0 Å². The zero-order chi connectivity index (χ0) is 15.2. The average molecular weight is 290 g/mol. The minimum Gasteiger partial charge on any atom is -0.409 e. The fraction of sp³-hybridized carbons (Fsp3) is 0.467. The van der Waals surface area contributed by atoms with E-state index in [1.807, 2.05) is 24.0 Å². The molecule has 1 aromatic rings. The number of nitrogens with two attached hydrogens (primary N) is 1. The van der Waals surface area contributed by atoms with Crippen molar-refractivity contribution in [1.29, 1.82) is 0 Å². The van der Waals surface area contributed by atoms with Gasteiger partial charge in [-0.2, -0.15) is 0 Å². The van der Waals surface area contributed by atoms with E-state index in [9.17, 15) is 4.79 Å². The number of aryl methyl sites for hydroxylation is 1. The van der Waals surface area contributed by atoms with Crippen LogP contribution in [0.3, 0.4) is 0 Å². The van der Waals surface area contributed by atoms with Crippen LogP contribution in [0.25, 0.3) is 0 Å². The number of carbonyl (C=O) groups is 1. The predicted molar refractivity (Wildman–Crippen MR) is 82.7 cm³/mol. The lowest BCUT2D eigenvalue weighted by Crippen LogP contribution is -2.36. The van der Waals surface area contributed by atoms with Crippen molar-refractivity contribution in [2.75, 3.05) is 18.4 Å². The van der Waals surface area contributed by atoms with E-state index in [2.05, 4.69) is 10.5 Å². The van der Waals surface area contributed by atoms with Crippen molar-refractivity contribution < 1.29 is 10.0 Å². The molecule has 6 nitrogen and oxygen atoms in total. The Morgan fingerprint density at radius 1 is 1.29 bits per heavy atom. The normalized spacial score (nSPS) is 16.4. The van der Waals surface area contributed by atoms with Gasteiger partial charge in [-0.05, 0) is 31.4 Å². The molecule has 0 saturated carbocycles. The number of likely N-dealkylation sites (tertiary alicyclic amines) is 1. The number of nitrogens with zero attached hydrogens (tertiary/aromatic N) is 2. The Balaban J connectivity index is 2.19. The second-order valence-corrected chi connectivity index (χ2v) is 5.31. The molecule has 114 valence electrons. The summed E-state index contributed by atoms with van der Waals surface area (Å²) in [6.45, 7) is 3.40. The second kappa shape index (κ2) is 6.97. The van der Waals surface area contributed by atoms with E-state index >= 15 is 0 Å². The van der Waals surface area contributed by atoms with E-state index in [0.717, 1.165) is 31.5 Å². The second-order valence-electron chi connectivity index (χ2n) is 5.31. The maximum Gasteiger partial charge on any atom is 0.321 e. The highest BCUT2D eigenvalue weighted by Gasteiger charge is 2.18. The topological polar surface area (TPSA) is 91.0 Å². The van der Waals surface area contributed by atoms with Crippen molar-refractivity contribution >= 4 is 17.6 Å². The maximum absolute atomic E-state index is 12.4. The summed E-state index contributed by atoms with van der Waals surface area (Å²) in [5, 5.41) is 14.8. The number of urea groups is 1. The molecule has 1 heterocycles. The van der Waals surface area contributed by atoms with Crippen molar-refractivity contribution in [3.63, 3.8) is 0 Å². The van der Waals surface area contributed by atoms with Gasteiger partial charge >= 0.3 is 6.03 Å². The van der Waals surface area contributed by atoms with Crippen LogP contribution in [0.15, 0.2) is 23.4 Å². The molecule has 1 fully saturated rings. The Morgan fingerprint density at radius 2 is 1.95 bits per heavy atom. The first-order chi connectivity index (χ1) is 10.1. The van der Waals surface area contributed by atoms with Crippen LogP contribution in [0.2, 0.25) is 0 Å². The van der Waals surface area contributed by atoms with Crippen LogP contribution in [0.5, 0.6) is 0 Å². The van der Waals surface area contributed by atoms with Gasteiger partial charge in [-0.1, -0.05) is 30.1 Å². The fourth-order valence-corrected chi connectivity index (χ4v) is 2.63. The molecular formula is C15H22N4O2. The van der Waals surface area contributed by atoms with Gasteiger partial charge in [0.1, 0.15) is 0 Å². The Bertz CT molecular complexity index is 534. The van der Waals surface area contributed by atoms with Crippen LogP contribution in [-0.4, -0.2) is 35.1 Å². The van der Waals surface area contributed by atoms with Crippen molar-refractivity contribution in [3.05, 3.63) is 29.3 Å². The van der Waals surface area contributed by atoms with Crippen LogP contribution in [0.1, 0.15) is 36.8 Å². The van der Waals surface area contributed by atoms with Gasteiger partial charge in [0.25, 0.3) is 0 Å². The number of carbonyl (C=O) groups excluding carboxylic acids is 1. The van der Waals surface area contributed by atoms with Gasteiger partial charge in [0.2, 0.25) is 0 Å². The summed E-state index contributed by atoms with van der Waals surface area (Å²) in [7, 11) is 0.